The lowest BCUT2D eigenvalue weighted by Gasteiger charge is -2.29. The van der Waals surface area contributed by atoms with Crippen LogP contribution in [0.4, 0.5) is 0 Å². The smallest absolute Gasteiger partial charge is 0.0584 e. The molecule has 1 aliphatic heterocycles. The van der Waals surface area contributed by atoms with E-state index >= 15 is 0 Å². The fraction of sp³-hybridized carbons (Fsp3) is 0.600. The third-order valence-corrected chi connectivity index (χ3v) is 3.58. The molecule has 2 N–H and O–H groups in total. The number of aliphatic hydroxyl groups excluding tert-OH is 1. The highest BCUT2D eigenvalue weighted by Gasteiger charge is 2.21. The Bertz CT molecular complexity index is 247. The van der Waals surface area contributed by atoms with Crippen LogP contribution in [0.5, 0.6) is 0 Å². The van der Waals surface area contributed by atoms with Crippen molar-refractivity contribution in [3.63, 3.8) is 0 Å². The molecule has 0 aliphatic carbocycles. The predicted molar refractivity (Wildman–Crippen MR) is 54.9 cm³/mol. The van der Waals surface area contributed by atoms with Gasteiger partial charge in [-0.05, 0) is 30.7 Å². The molecular weight excluding hydrogens is 182 g/mol. The van der Waals surface area contributed by atoms with Gasteiger partial charge in [-0.1, -0.05) is 6.07 Å². The molecular formula is C10H15NOS. The van der Waals surface area contributed by atoms with Gasteiger partial charge in [0.05, 0.1) is 6.61 Å². The zero-order valence-corrected chi connectivity index (χ0v) is 8.39. The highest BCUT2D eigenvalue weighted by atomic mass is 32.1. The molecule has 0 amide bonds. The maximum Gasteiger partial charge on any atom is 0.0584 e. The van der Waals surface area contributed by atoms with Crippen LogP contribution >= 0.6 is 11.3 Å². The van der Waals surface area contributed by atoms with Crippen LogP contribution in [-0.4, -0.2) is 17.8 Å². The summed E-state index contributed by atoms with van der Waals surface area (Å²) in [7, 11) is 0. The number of hydrogen-bond donors (Lipinski definition) is 2. The van der Waals surface area contributed by atoms with Crippen molar-refractivity contribution in [2.75, 3.05) is 6.61 Å². The van der Waals surface area contributed by atoms with Gasteiger partial charge >= 0.3 is 0 Å². The SMILES string of the molecule is OCC1CCCC(c2cccs2)N1. The van der Waals surface area contributed by atoms with E-state index in [2.05, 4.69) is 22.8 Å². The molecule has 0 bridgehead atoms. The van der Waals surface area contributed by atoms with Crippen molar-refractivity contribution in [2.24, 2.45) is 0 Å². The average Bonchev–Trinajstić information content (AvgIpc) is 2.71. The minimum Gasteiger partial charge on any atom is -0.395 e. The molecule has 0 radical (unpaired) electrons. The quantitative estimate of drug-likeness (QED) is 0.759. The summed E-state index contributed by atoms with van der Waals surface area (Å²) in [5.41, 5.74) is 0. The largest absolute Gasteiger partial charge is 0.395 e. The molecule has 13 heavy (non-hydrogen) atoms. The van der Waals surface area contributed by atoms with Crippen molar-refractivity contribution < 1.29 is 5.11 Å². The Morgan fingerprint density at radius 3 is 3.15 bits per heavy atom. The van der Waals surface area contributed by atoms with Gasteiger partial charge in [0, 0.05) is 17.0 Å². The maximum atomic E-state index is 9.05. The summed E-state index contributed by atoms with van der Waals surface area (Å²) in [5.74, 6) is 0. The Hall–Kier alpha value is -0.380. The Kier molecular flexibility index (Phi) is 2.98. The molecule has 1 fully saturated rings. The van der Waals surface area contributed by atoms with E-state index in [0.717, 1.165) is 6.42 Å². The van der Waals surface area contributed by atoms with Crippen LogP contribution in [0.3, 0.4) is 0 Å². The molecule has 2 nitrogen and oxygen atoms in total. The van der Waals surface area contributed by atoms with Gasteiger partial charge in [0.25, 0.3) is 0 Å². The van der Waals surface area contributed by atoms with E-state index < -0.39 is 0 Å². The van der Waals surface area contributed by atoms with Crippen LogP contribution in [0.1, 0.15) is 30.2 Å². The first-order chi connectivity index (χ1) is 6.40. The van der Waals surface area contributed by atoms with Gasteiger partial charge in [0.1, 0.15) is 0 Å². The minimum atomic E-state index is 0.266. The van der Waals surface area contributed by atoms with Gasteiger partial charge in [-0.3, -0.25) is 0 Å². The van der Waals surface area contributed by atoms with E-state index in [1.54, 1.807) is 11.3 Å². The molecule has 0 saturated carbocycles. The molecule has 3 heteroatoms. The number of thiophene rings is 1. The summed E-state index contributed by atoms with van der Waals surface area (Å²) in [6.07, 6.45) is 3.54. The highest BCUT2D eigenvalue weighted by Crippen LogP contribution is 2.28. The lowest BCUT2D eigenvalue weighted by atomic mass is 9.98. The van der Waals surface area contributed by atoms with Crippen molar-refractivity contribution in [2.45, 2.75) is 31.3 Å². The van der Waals surface area contributed by atoms with E-state index in [-0.39, 0.29) is 6.61 Å². The first kappa shape index (κ1) is 9.19. The molecule has 1 aromatic heterocycles. The molecule has 1 aliphatic rings. The maximum absolute atomic E-state index is 9.05. The van der Waals surface area contributed by atoms with Gasteiger partial charge in [-0.2, -0.15) is 0 Å². The van der Waals surface area contributed by atoms with Crippen molar-refractivity contribution in [3.8, 4) is 0 Å². The lowest BCUT2D eigenvalue weighted by molar-refractivity contribution is 0.199. The highest BCUT2D eigenvalue weighted by molar-refractivity contribution is 7.10. The molecule has 2 unspecified atom stereocenters. The molecule has 2 atom stereocenters. The van der Waals surface area contributed by atoms with E-state index in [1.807, 2.05) is 0 Å². The Balaban J connectivity index is 2.00. The average molecular weight is 197 g/mol. The van der Waals surface area contributed by atoms with E-state index in [4.69, 9.17) is 5.11 Å². The molecule has 72 valence electrons. The zero-order valence-electron chi connectivity index (χ0n) is 7.57. The van der Waals surface area contributed by atoms with E-state index in [1.165, 1.54) is 17.7 Å². The van der Waals surface area contributed by atoms with Crippen LogP contribution < -0.4 is 5.32 Å². The summed E-state index contributed by atoms with van der Waals surface area (Å²) < 4.78 is 0. The molecule has 2 rings (SSSR count). The van der Waals surface area contributed by atoms with Gasteiger partial charge < -0.3 is 10.4 Å². The number of piperidine rings is 1. The standard InChI is InChI=1S/C10H15NOS/c12-7-8-3-1-4-9(11-8)10-5-2-6-13-10/h2,5-6,8-9,11-12H,1,3-4,7H2. The van der Waals surface area contributed by atoms with Gasteiger partial charge in [0.2, 0.25) is 0 Å². The predicted octanol–water partition coefficient (Wildman–Crippen LogP) is 1.92. The first-order valence-corrected chi connectivity index (χ1v) is 5.68. The number of aliphatic hydroxyl groups is 1. The van der Waals surface area contributed by atoms with Crippen LogP contribution in [0, 0.1) is 0 Å². The second kappa shape index (κ2) is 4.22. The third-order valence-electron chi connectivity index (χ3n) is 2.59. The van der Waals surface area contributed by atoms with Gasteiger partial charge in [-0.25, -0.2) is 0 Å². The van der Waals surface area contributed by atoms with Crippen molar-refractivity contribution >= 4 is 11.3 Å². The Morgan fingerprint density at radius 1 is 1.54 bits per heavy atom. The Labute approximate surface area is 82.6 Å². The molecule has 1 aromatic rings. The molecule has 1 saturated heterocycles. The Morgan fingerprint density at radius 2 is 2.46 bits per heavy atom. The van der Waals surface area contributed by atoms with E-state index in [9.17, 15) is 0 Å². The summed E-state index contributed by atoms with van der Waals surface area (Å²) in [4.78, 5) is 1.40. The summed E-state index contributed by atoms with van der Waals surface area (Å²) in [6.45, 7) is 0.266. The van der Waals surface area contributed by atoms with Crippen molar-refractivity contribution in [1.82, 2.24) is 5.32 Å². The summed E-state index contributed by atoms with van der Waals surface area (Å²) in [6, 6.07) is 5.04. The first-order valence-electron chi connectivity index (χ1n) is 4.80. The second-order valence-corrected chi connectivity index (χ2v) is 4.52. The topological polar surface area (TPSA) is 32.3 Å². The second-order valence-electron chi connectivity index (χ2n) is 3.55. The van der Waals surface area contributed by atoms with Crippen LogP contribution in [0.2, 0.25) is 0 Å². The third kappa shape index (κ3) is 2.10. The fourth-order valence-electron chi connectivity index (χ4n) is 1.88. The lowest BCUT2D eigenvalue weighted by Crippen LogP contribution is -2.38. The normalized spacial score (nSPS) is 29.0. The fourth-order valence-corrected chi connectivity index (χ4v) is 2.70. The van der Waals surface area contributed by atoms with Gasteiger partial charge in [0.15, 0.2) is 0 Å². The minimum absolute atomic E-state index is 0.266. The van der Waals surface area contributed by atoms with Crippen molar-refractivity contribution in [3.05, 3.63) is 22.4 Å². The number of nitrogens with one attached hydrogen (secondary N) is 1. The van der Waals surface area contributed by atoms with Crippen molar-refractivity contribution in [1.29, 1.82) is 0 Å². The molecule has 0 aromatic carbocycles. The summed E-state index contributed by atoms with van der Waals surface area (Å²) >= 11 is 1.80. The monoisotopic (exact) mass is 197 g/mol. The van der Waals surface area contributed by atoms with Gasteiger partial charge in [-0.15, -0.1) is 11.3 Å². The molecule has 0 spiro atoms. The number of hydrogen-bond acceptors (Lipinski definition) is 3. The summed E-state index contributed by atoms with van der Waals surface area (Å²) in [5, 5.41) is 14.6. The van der Waals surface area contributed by atoms with Crippen LogP contribution in [-0.2, 0) is 0 Å². The van der Waals surface area contributed by atoms with E-state index in [0.29, 0.717) is 12.1 Å². The van der Waals surface area contributed by atoms with Crippen LogP contribution in [0.25, 0.3) is 0 Å². The number of rotatable bonds is 2. The molecule has 2 heterocycles. The van der Waals surface area contributed by atoms with Crippen LogP contribution in [0.15, 0.2) is 17.5 Å². The zero-order chi connectivity index (χ0) is 9.10.